The van der Waals surface area contributed by atoms with E-state index < -0.39 is 0 Å². The van der Waals surface area contributed by atoms with Crippen LogP contribution in [0.1, 0.15) is 31.8 Å². The van der Waals surface area contributed by atoms with Crippen molar-refractivity contribution in [1.82, 2.24) is 0 Å². The molecule has 156 valence electrons. The van der Waals surface area contributed by atoms with Crippen molar-refractivity contribution in [3.05, 3.63) is 119 Å². The number of nitrogens with one attached hydrogen (secondary N) is 1. The summed E-state index contributed by atoms with van der Waals surface area (Å²) < 4.78 is 0. The van der Waals surface area contributed by atoms with Crippen molar-refractivity contribution >= 4 is 23.2 Å². The number of benzene rings is 4. The molecular formula is C28H22N2O2. The fourth-order valence-corrected chi connectivity index (χ4v) is 4.21. The number of para-hydroxylation sites is 2. The number of amides is 2. The van der Waals surface area contributed by atoms with Crippen LogP contribution in [0.4, 0.5) is 11.4 Å². The number of aryl methyl sites for hydroxylation is 1. The molecule has 1 aliphatic rings. The van der Waals surface area contributed by atoms with Crippen molar-refractivity contribution in [2.75, 3.05) is 10.2 Å². The lowest BCUT2D eigenvalue weighted by Crippen LogP contribution is -2.33. The zero-order chi connectivity index (χ0) is 22.1. The Morgan fingerprint density at radius 1 is 0.781 bits per heavy atom. The summed E-state index contributed by atoms with van der Waals surface area (Å²) in [5.41, 5.74) is 6.86. The minimum Gasteiger partial charge on any atom is -0.322 e. The van der Waals surface area contributed by atoms with Gasteiger partial charge in [-0.1, -0.05) is 60.7 Å². The number of carbonyl (C=O) groups is 2. The third-order valence-corrected chi connectivity index (χ3v) is 5.83. The van der Waals surface area contributed by atoms with Gasteiger partial charge in [0.1, 0.15) is 0 Å². The average molecular weight is 418 g/mol. The Hall–Kier alpha value is -4.18. The van der Waals surface area contributed by atoms with E-state index in [1.54, 1.807) is 18.2 Å². The number of anilines is 2. The summed E-state index contributed by atoms with van der Waals surface area (Å²) in [6.07, 6.45) is 0. The highest BCUT2D eigenvalue weighted by atomic mass is 16.2. The standard InChI is InChI=1S/C28H22N2O2/c1-19-17-20(27(31)29-22-10-3-2-4-11-22)15-16-23(19)28(32)30-18-21-9-5-6-12-24(21)25-13-7-8-14-26(25)30/h2-17H,18H2,1H3,(H,29,31). The maximum atomic E-state index is 13.6. The van der Waals surface area contributed by atoms with Crippen LogP contribution in [0, 0.1) is 6.92 Å². The third-order valence-electron chi connectivity index (χ3n) is 5.83. The van der Waals surface area contributed by atoms with Crippen LogP contribution >= 0.6 is 0 Å². The van der Waals surface area contributed by atoms with E-state index in [1.807, 2.05) is 72.5 Å². The smallest absolute Gasteiger partial charge is 0.258 e. The lowest BCUT2D eigenvalue weighted by atomic mass is 9.92. The highest BCUT2D eigenvalue weighted by Crippen LogP contribution is 2.39. The van der Waals surface area contributed by atoms with Crippen molar-refractivity contribution in [1.29, 1.82) is 0 Å². The number of carbonyl (C=O) groups excluding carboxylic acids is 2. The zero-order valence-electron chi connectivity index (χ0n) is 17.7. The lowest BCUT2D eigenvalue weighted by molar-refractivity contribution is 0.0981. The maximum Gasteiger partial charge on any atom is 0.258 e. The Kier molecular flexibility index (Phi) is 5.04. The number of nitrogens with zero attached hydrogens (tertiary/aromatic N) is 1. The van der Waals surface area contributed by atoms with E-state index in [0.29, 0.717) is 17.7 Å². The van der Waals surface area contributed by atoms with Crippen LogP contribution in [0.5, 0.6) is 0 Å². The molecule has 4 aromatic carbocycles. The van der Waals surface area contributed by atoms with Crippen LogP contribution in [0.2, 0.25) is 0 Å². The number of fused-ring (bicyclic) bond motifs is 3. The molecule has 2 amide bonds. The first kappa shape index (κ1) is 19.8. The molecule has 32 heavy (non-hydrogen) atoms. The second kappa shape index (κ2) is 8.16. The van der Waals surface area contributed by atoms with Gasteiger partial charge in [0.05, 0.1) is 12.2 Å². The van der Waals surface area contributed by atoms with Crippen LogP contribution in [-0.2, 0) is 6.54 Å². The van der Waals surface area contributed by atoms with Crippen molar-refractivity contribution in [2.45, 2.75) is 13.5 Å². The highest BCUT2D eigenvalue weighted by Gasteiger charge is 2.27. The monoisotopic (exact) mass is 418 g/mol. The zero-order valence-corrected chi connectivity index (χ0v) is 17.7. The molecule has 4 aromatic rings. The van der Waals surface area contributed by atoms with Crippen molar-refractivity contribution in [2.24, 2.45) is 0 Å². The van der Waals surface area contributed by atoms with Crippen molar-refractivity contribution in [3.63, 3.8) is 0 Å². The normalized spacial score (nSPS) is 12.0. The van der Waals surface area contributed by atoms with E-state index in [4.69, 9.17) is 0 Å². The molecule has 0 fully saturated rings. The second-order valence-corrected chi connectivity index (χ2v) is 7.92. The molecule has 5 rings (SSSR count). The van der Waals surface area contributed by atoms with E-state index in [9.17, 15) is 9.59 Å². The minimum atomic E-state index is -0.199. The van der Waals surface area contributed by atoms with Crippen LogP contribution < -0.4 is 10.2 Å². The van der Waals surface area contributed by atoms with Gasteiger partial charge in [0.15, 0.2) is 0 Å². The van der Waals surface area contributed by atoms with E-state index in [-0.39, 0.29) is 11.8 Å². The van der Waals surface area contributed by atoms with E-state index in [2.05, 4.69) is 23.5 Å². The van der Waals surface area contributed by atoms with E-state index in [1.165, 1.54) is 0 Å². The summed E-state index contributed by atoms with van der Waals surface area (Å²) in [4.78, 5) is 28.1. The molecule has 0 aliphatic carbocycles. The molecule has 4 heteroatoms. The highest BCUT2D eigenvalue weighted by molar-refractivity contribution is 6.11. The molecule has 0 unspecified atom stereocenters. The number of rotatable bonds is 3. The Morgan fingerprint density at radius 2 is 1.47 bits per heavy atom. The van der Waals surface area contributed by atoms with Gasteiger partial charge in [-0.2, -0.15) is 0 Å². The Balaban J connectivity index is 1.44. The molecule has 0 saturated heterocycles. The van der Waals surface area contributed by atoms with Gasteiger partial charge < -0.3 is 10.2 Å². The average Bonchev–Trinajstić information content (AvgIpc) is 2.83. The van der Waals surface area contributed by atoms with Gasteiger partial charge in [-0.05, 0) is 60.0 Å². The summed E-state index contributed by atoms with van der Waals surface area (Å²) in [5.74, 6) is -0.269. The number of hydrogen-bond donors (Lipinski definition) is 1. The Morgan fingerprint density at radius 3 is 2.25 bits per heavy atom. The largest absolute Gasteiger partial charge is 0.322 e. The molecule has 4 nitrogen and oxygen atoms in total. The summed E-state index contributed by atoms with van der Waals surface area (Å²) in [6.45, 7) is 2.39. The summed E-state index contributed by atoms with van der Waals surface area (Å²) in [5, 5.41) is 2.89. The Bertz CT molecular complexity index is 1330. The predicted octanol–water partition coefficient (Wildman–Crippen LogP) is 6.07. The van der Waals surface area contributed by atoms with Crippen LogP contribution in [0.25, 0.3) is 11.1 Å². The lowest BCUT2D eigenvalue weighted by Gasteiger charge is -2.31. The van der Waals surface area contributed by atoms with Crippen LogP contribution in [-0.4, -0.2) is 11.8 Å². The SMILES string of the molecule is Cc1cc(C(=O)Nc2ccccc2)ccc1C(=O)N1Cc2ccccc2-c2ccccc21. The second-order valence-electron chi connectivity index (χ2n) is 7.92. The molecular weight excluding hydrogens is 396 g/mol. The molecule has 0 bridgehead atoms. The molecule has 1 N–H and O–H groups in total. The quantitative estimate of drug-likeness (QED) is 0.439. The molecule has 0 aromatic heterocycles. The van der Waals surface area contributed by atoms with Gasteiger partial charge in [-0.25, -0.2) is 0 Å². The van der Waals surface area contributed by atoms with Crippen molar-refractivity contribution in [3.8, 4) is 11.1 Å². The fraction of sp³-hybridized carbons (Fsp3) is 0.0714. The summed E-state index contributed by atoms with van der Waals surface area (Å²) in [7, 11) is 0. The molecule has 0 saturated carbocycles. The van der Waals surface area contributed by atoms with Gasteiger partial charge in [0.25, 0.3) is 11.8 Å². The molecule has 0 radical (unpaired) electrons. The third kappa shape index (κ3) is 3.56. The van der Waals surface area contributed by atoms with Crippen molar-refractivity contribution < 1.29 is 9.59 Å². The van der Waals surface area contributed by atoms with Crippen LogP contribution in [0.3, 0.4) is 0 Å². The van der Waals surface area contributed by atoms with Gasteiger partial charge in [-0.15, -0.1) is 0 Å². The molecule has 0 atom stereocenters. The number of hydrogen-bond acceptors (Lipinski definition) is 2. The molecule has 0 spiro atoms. The molecule has 1 heterocycles. The van der Waals surface area contributed by atoms with E-state index in [0.717, 1.165) is 33.6 Å². The summed E-state index contributed by atoms with van der Waals surface area (Å²) in [6, 6.07) is 30.7. The van der Waals surface area contributed by atoms with Gasteiger partial charge in [0.2, 0.25) is 0 Å². The first-order valence-corrected chi connectivity index (χ1v) is 10.6. The van der Waals surface area contributed by atoms with Gasteiger partial charge in [0, 0.05) is 22.4 Å². The van der Waals surface area contributed by atoms with E-state index >= 15 is 0 Å². The molecule has 1 aliphatic heterocycles. The minimum absolute atomic E-state index is 0.0699. The fourth-order valence-electron chi connectivity index (χ4n) is 4.21. The topological polar surface area (TPSA) is 49.4 Å². The summed E-state index contributed by atoms with van der Waals surface area (Å²) >= 11 is 0. The Labute approximate surface area is 187 Å². The predicted molar refractivity (Wildman–Crippen MR) is 128 cm³/mol. The first-order valence-electron chi connectivity index (χ1n) is 10.6. The first-order chi connectivity index (χ1) is 15.6. The maximum absolute atomic E-state index is 13.6. The van der Waals surface area contributed by atoms with Crippen LogP contribution in [0.15, 0.2) is 97.1 Å². The van der Waals surface area contributed by atoms with Gasteiger partial charge in [-0.3, -0.25) is 9.59 Å². The van der Waals surface area contributed by atoms with Gasteiger partial charge >= 0.3 is 0 Å².